The summed E-state index contributed by atoms with van der Waals surface area (Å²) in [6, 6.07) is 3.82. The van der Waals surface area contributed by atoms with Gasteiger partial charge in [0.15, 0.2) is 0 Å². The Morgan fingerprint density at radius 2 is 2.22 bits per heavy atom. The summed E-state index contributed by atoms with van der Waals surface area (Å²) in [5.74, 6) is -0.123. The SMILES string of the molecule is CC[C@H](NC(=O)C(C)(C)OC)c1ncccc1C. The van der Waals surface area contributed by atoms with E-state index in [1.165, 1.54) is 7.11 Å². The Morgan fingerprint density at radius 1 is 1.56 bits per heavy atom. The fourth-order valence-electron chi connectivity index (χ4n) is 1.65. The van der Waals surface area contributed by atoms with E-state index >= 15 is 0 Å². The van der Waals surface area contributed by atoms with Crippen LogP contribution in [0, 0.1) is 6.92 Å². The third-order valence-electron chi connectivity index (χ3n) is 3.15. The Morgan fingerprint density at radius 3 is 2.72 bits per heavy atom. The molecule has 0 bridgehead atoms. The van der Waals surface area contributed by atoms with Gasteiger partial charge in [-0.05, 0) is 38.8 Å². The van der Waals surface area contributed by atoms with E-state index in [1.807, 2.05) is 26.0 Å². The Kier molecular flexibility index (Phi) is 4.84. The molecule has 1 atom stereocenters. The number of rotatable bonds is 5. The van der Waals surface area contributed by atoms with Gasteiger partial charge in [-0.25, -0.2) is 0 Å². The smallest absolute Gasteiger partial charge is 0.252 e. The van der Waals surface area contributed by atoms with Crippen molar-refractivity contribution in [1.29, 1.82) is 0 Å². The van der Waals surface area contributed by atoms with Gasteiger partial charge in [0.1, 0.15) is 5.60 Å². The Balaban J connectivity index is 2.87. The molecule has 1 amide bonds. The van der Waals surface area contributed by atoms with Crippen molar-refractivity contribution in [1.82, 2.24) is 10.3 Å². The van der Waals surface area contributed by atoms with Gasteiger partial charge >= 0.3 is 0 Å². The molecule has 0 spiro atoms. The summed E-state index contributed by atoms with van der Waals surface area (Å²) < 4.78 is 5.18. The molecule has 18 heavy (non-hydrogen) atoms. The molecular formula is C14H22N2O2. The molecule has 0 unspecified atom stereocenters. The van der Waals surface area contributed by atoms with E-state index in [-0.39, 0.29) is 11.9 Å². The maximum atomic E-state index is 12.1. The number of carbonyl (C=O) groups excluding carboxylic acids is 1. The minimum Gasteiger partial charge on any atom is -0.369 e. The Labute approximate surface area is 109 Å². The Hall–Kier alpha value is -1.42. The highest BCUT2D eigenvalue weighted by Gasteiger charge is 2.29. The summed E-state index contributed by atoms with van der Waals surface area (Å²) in [7, 11) is 1.53. The molecule has 100 valence electrons. The molecule has 1 aromatic rings. The zero-order valence-electron chi connectivity index (χ0n) is 11.8. The van der Waals surface area contributed by atoms with Gasteiger partial charge in [-0.15, -0.1) is 0 Å². The first-order chi connectivity index (χ1) is 8.42. The highest BCUT2D eigenvalue weighted by Crippen LogP contribution is 2.19. The number of aromatic nitrogens is 1. The number of hydrogen-bond donors (Lipinski definition) is 1. The molecule has 0 aliphatic rings. The van der Waals surface area contributed by atoms with Crippen molar-refractivity contribution in [2.75, 3.05) is 7.11 Å². The zero-order valence-corrected chi connectivity index (χ0v) is 11.8. The summed E-state index contributed by atoms with van der Waals surface area (Å²) in [5, 5.41) is 2.99. The molecule has 0 aliphatic carbocycles. The number of pyridine rings is 1. The number of methoxy groups -OCH3 is 1. The van der Waals surface area contributed by atoms with Crippen LogP contribution in [0.1, 0.15) is 44.5 Å². The van der Waals surface area contributed by atoms with E-state index in [0.29, 0.717) is 0 Å². The Bertz CT molecular complexity index is 416. The van der Waals surface area contributed by atoms with Crippen molar-refractivity contribution in [2.24, 2.45) is 0 Å². The molecule has 1 heterocycles. The standard InChI is InChI=1S/C14H22N2O2/c1-6-11(12-10(2)8-7-9-15-12)16-13(17)14(3,4)18-5/h7-9,11H,6H2,1-5H3,(H,16,17)/t11-/m0/s1. The van der Waals surface area contributed by atoms with Gasteiger partial charge in [0.25, 0.3) is 5.91 Å². The number of nitrogens with zero attached hydrogens (tertiary/aromatic N) is 1. The lowest BCUT2D eigenvalue weighted by molar-refractivity contribution is -0.140. The number of hydrogen-bond acceptors (Lipinski definition) is 3. The van der Waals surface area contributed by atoms with Gasteiger partial charge in [-0.3, -0.25) is 9.78 Å². The lowest BCUT2D eigenvalue weighted by Gasteiger charge is -2.26. The van der Waals surface area contributed by atoms with Crippen molar-refractivity contribution in [3.05, 3.63) is 29.6 Å². The largest absolute Gasteiger partial charge is 0.369 e. The number of aryl methyl sites for hydroxylation is 1. The van der Waals surface area contributed by atoms with Gasteiger partial charge < -0.3 is 10.1 Å². The van der Waals surface area contributed by atoms with Gasteiger partial charge in [0.2, 0.25) is 0 Å². The first-order valence-electron chi connectivity index (χ1n) is 6.20. The predicted molar refractivity (Wildman–Crippen MR) is 71.2 cm³/mol. The molecule has 0 aromatic carbocycles. The first-order valence-corrected chi connectivity index (χ1v) is 6.20. The van der Waals surface area contributed by atoms with Crippen LogP contribution in [0.5, 0.6) is 0 Å². The fraction of sp³-hybridized carbons (Fsp3) is 0.571. The molecule has 0 fully saturated rings. The van der Waals surface area contributed by atoms with E-state index in [0.717, 1.165) is 17.7 Å². The average molecular weight is 250 g/mol. The summed E-state index contributed by atoms with van der Waals surface area (Å²) in [5.41, 5.74) is 1.18. The van der Waals surface area contributed by atoms with E-state index in [1.54, 1.807) is 20.0 Å². The second-order valence-corrected chi connectivity index (χ2v) is 4.85. The molecule has 4 nitrogen and oxygen atoms in total. The van der Waals surface area contributed by atoms with Crippen LogP contribution in [0.25, 0.3) is 0 Å². The molecule has 1 rings (SSSR count). The highest BCUT2D eigenvalue weighted by molar-refractivity contribution is 5.84. The number of ether oxygens (including phenoxy) is 1. The minimum atomic E-state index is -0.823. The van der Waals surface area contributed by atoms with Gasteiger partial charge in [-0.1, -0.05) is 13.0 Å². The molecule has 0 aliphatic heterocycles. The fourth-order valence-corrected chi connectivity index (χ4v) is 1.65. The van der Waals surface area contributed by atoms with Crippen LogP contribution < -0.4 is 5.32 Å². The summed E-state index contributed by atoms with van der Waals surface area (Å²) in [6.45, 7) is 7.53. The van der Waals surface area contributed by atoms with E-state index in [9.17, 15) is 4.79 Å². The summed E-state index contributed by atoms with van der Waals surface area (Å²) in [4.78, 5) is 16.4. The van der Waals surface area contributed by atoms with Crippen molar-refractivity contribution in [3.63, 3.8) is 0 Å². The van der Waals surface area contributed by atoms with Crippen molar-refractivity contribution < 1.29 is 9.53 Å². The number of nitrogens with one attached hydrogen (secondary N) is 1. The van der Waals surface area contributed by atoms with Crippen LogP contribution in [0.4, 0.5) is 0 Å². The number of carbonyl (C=O) groups is 1. The predicted octanol–water partition coefficient (Wildman–Crippen LogP) is 2.38. The van der Waals surface area contributed by atoms with Crippen LogP contribution in [-0.2, 0) is 9.53 Å². The van der Waals surface area contributed by atoms with Crippen molar-refractivity contribution >= 4 is 5.91 Å². The molecule has 0 radical (unpaired) electrons. The van der Waals surface area contributed by atoms with Crippen molar-refractivity contribution in [3.8, 4) is 0 Å². The van der Waals surface area contributed by atoms with E-state index in [2.05, 4.69) is 10.3 Å². The van der Waals surface area contributed by atoms with Gasteiger partial charge in [0, 0.05) is 13.3 Å². The van der Waals surface area contributed by atoms with Crippen LogP contribution in [-0.4, -0.2) is 23.6 Å². The van der Waals surface area contributed by atoms with Crippen LogP contribution in [0.3, 0.4) is 0 Å². The molecule has 1 aromatic heterocycles. The molecule has 0 saturated carbocycles. The van der Waals surface area contributed by atoms with E-state index < -0.39 is 5.60 Å². The van der Waals surface area contributed by atoms with E-state index in [4.69, 9.17) is 4.74 Å². The van der Waals surface area contributed by atoms with Gasteiger partial charge in [0.05, 0.1) is 11.7 Å². The minimum absolute atomic E-state index is 0.0758. The van der Waals surface area contributed by atoms with Gasteiger partial charge in [-0.2, -0.15) is 0 Å². The maximum Gasteiger partial charge on any atom is 0.252 e. The lowest BCUT2D eigenvalue weighted by atomic mass is 10.0. The molecular weight excluding hydrogens is 228 g/mol. The normalized spacial score (nSPS) is 13.2. The average Bonchev–Trinajstić information content (AvgIpc) is 2.36. The summed E-state index contributed by atoms with van der Waals surface area (Å²) in [6.07, 6.45) is 2.54. The monoisotopic (exact) mass is 250 g/mol. The molecule has 0 saturated heterocycles. The highest BCUT2D eigenvalue weighted by atomic mass is 16.5. The third kappa shape index (κ3) is 3.29. The zero-order chi connectivity index (χ0) is 13.8. The molecule has 4 heteroatoms. The van der Waals surface area contributed by atoms with Crippen LogP contribution in [0.15, 0.2) is 18.3 Å². The first kappa shape index (κ1) is 14.6. The lowest BCUT2D eigenvalue weighted by Crippen LogP contribution is -2.45. The third-order valence-corrected chi connectivity index (χ3v) is 3.15. The second-order valence-electron chi connectivity index (χ2n) is 4.85. The summed E-state index contributed by atoms with van der Waals surface area (Å²) >= 11 is 0. The second kappa shape index (κ2) is 5.96. The van der Waals surface area contributed by atoms with Crippen LogP contribution in [0.2, 0.25) is 0 Å². The molecule has 1 N–H and O–H groups in total. The number of amides is 1. The van der Waals surface area contributed by atoms with Crippen molar-refractivity contribution in [2.45, 2.75) is 45.8 Å². The topological polar surface area (TPSA) is 51.2 Å². The maximum absolute atomic E-state index is 12.1. The quantitative estimate of drug-likeness (QED) is 0.873. The van der Waals surface area contributed by atoms with Crippen LogP contribution >= 0.6 is 0 Å².